The van der Waals surface area contributed by atoms with Gasteiger partial charge in [-0.05, 0) is 58.8 Å². The summed E-state index contributed by atoms with van der Waals surface area (Å²) in [6.07, 6.45) is 7.11. The largest absolute Gasteiger partial charge is 0.303 e. The molecule has 2 fully saturated rings. The molecule has 0 saturated carbocycles. The molecule has 2 nitrogen and oxygen atoms in total. The highest BCUT2D eigenvalue weighted by Gasteiger charge is 2.28. The Balaban J connectivity index is 1.83. The Labute approximate surface area is 94.6 Å². The lowest BCUT2D eigenvalue weighted by atomic mass is 9.96. The highest BCUT2D eigenvalue weighted by atomic mass is 15.2. The Bertz CT molecular complexity index is 185. The van der Waals surface area contributed by atoms with E-state index in [1.807, 2.05) is 0 Å². The van der Waals surface area contributed by atoms with E-state index in [1.165, 1.54) is 58.3 Å². The van der Waals surface area contributed by atoms with Crippen LogP contribution in [0.1, 0.15) is 46.0 Å². The van der Waals surface area contributed by atoms with Crippen LogP contribution in [0.3, 0.4) is 0 Å². The van der Waals surface area contributed by atoms with E-state index in [2.05, 4.69) is 23.6 Å². The summed E-state index contributed by atoms with van der Waals surface area (Å²) in [7, 11) is 0. The van der Waals surface area contributed by atoms with Crippen LogP contribution in [0.4, 0.5) is 0 Å². The molecule has 2 rings (SSSR count). The Hall–Kier alpha value is -0.0800. The summed E-state index contributed by atoms with van der Waals surface area (Å²) in [4.78, 5) is 5.38. The highest BCUT2D eigenvalue weighted by molar-refractivity contribution is 4.84. The molecule has 0 N–H and O–H groups in total. The molecule has 2 aliphatic rings. The quantitative estimate of drug-likeness (QED) is 0.690. The van der Waals surface area contributed by atoms with Gasteiger partial charge in [0.15, 0.2) is 0 Å². The van der Waals surface area contributed by atoms with Crippen molar-refractivity contribution < 1.29 is 0 Å². The molecule has 0 radical (unpaired) electrons. The van der Waals surface area contributed by atoms with Crippen molar-refractivity contribution in [2.75, 3.05) is 26.2 Å². The SMILES string of the molecule is CCN1CCC(N2CCCCC2C)CC1. The molecule has 0 amide bonds. The van der Waals surface area contributed by atoms with Gasteiger partial charge in [-0.1, -0.05) is 13.3 Å². The lowest BCUT2D eigenvalue weighted by Crippen LogP contribution is -2.49. The van der Waals surface area contributed by atoms with Crippen LogP contribution in [-0.2, 0) is 0 Å². The van der Waals surface area contributed by atoms with Crippen LogP contribution in [0, 0.1) is 0 Å². The zero-order valence-corrected chi connectivity index (χ0v) is 10.4. The fourth-order valence-corrected chi connectivity index (χ4v) is 3.23. The van der Waals surface area contributed by atoms with Crippen LogP contribution in [0.25, 0.3) is 0 Å². The number of piperidine rings is 2. The summed E-state index contributed by atoms with van der Waals surface area (Å²) in [6, 6.07) is 1.74. The van der Waals surface area contributed by atoms with E-state index in [4.69, 9.17) is 0 Å². The molecule has 2 aliphatic heterocycles. The molecule has 0 spiro atoms. The number of rotatable bonds is 2. The van der Waals surface area contributed by atoms with Gasteiger partial charge in [-0.25, -0.2) is 0 Å². The van der Waals surface area contributed by atoms with Gasteiger partial charge in [0.05, 0.1) is 0 Å². The van der Waals surface area contributed by atoms with E-state index in [1.54, 1.807) is 0 Å². The topological polar surface area (TPSA) is 6.48 Å². The third kappa shape index (κ3) is 2.73. The lowest BCUT2D eigenvalue weighted by molar-refractivity contribution is 0.0590. The van der Waals surface area contributed by atoms with Crippen molar-refractivity contribution in [3.63, 3.8) is 0 Å². The smallest absolute Gasteiger partial charge is 0.0122 e. The van der Waals surface area contributed by atoms with Gasteiger partial charge >= 0.3 is 0 Å². The molecule has 2 saturated heterocycles. The first kappa shape index (κ1) is 11.4. The Morgan fingerprint density at radius 1 is 1.00 bits per heavy atom. The minimum Gasteiger partial charge on any atom is -0.303 e. The summed E-state index contributed by atoms with van der Waals surface area (Å²) in [5.41, 5.74) is 0. The van der Waals surface area contributed by atoms with E-state index in [9.17, 15) is 0 Å². The van der Waals surface area contributed by atoms with Gasteiger partial charge in [0.25, 0.3) is 0 Å². The van der Waals surface area contributed by atoms with Crippen LogP contribution >= 0.6 is 0 Å². The molecule has 15 heavy (non-hydrogen) atoms. The van der Waals surface area contributed by atoms with Crippen LogP contribution in [0.5, 0.6) is 0 Å². The molecule has 1 atom stereocenters. The molecule has 0 aromatic carbocycles. The molecule has 0 aromatic rings. The van der Waals surface area contributed by atoms with Crippen molar-refractivity contribution in [1.82, 2.24) is 9.80 Å². The van der Waals surface area contributed by atoms with E-state index in [0.29, 0.717) is 0 Å². The second kappa shape index (κ2) is 5.31. The monoisotopic (exact) mass is 210 g/mol. The number of likely N-dealkylation sites (tertiary alicyclic amines) is 2. The molecule has 88 valence electrons. The van der Waals surface area contributed by atoms with Gasteiger partial charge in [-0.2, -0.15) is 0 Å². The van der Waals surface area contributed by atoms with E-state index >= 15 is 0 Å². The summed E-state index contributed by atoms with van der Waals surface area (Å²) in [6.45, 7) is 9.95. The standard InChI is InChI=1S/C13H26N2/c1-3-14-10-7-13(8-11-14)15-9-5-4-6-12(15)2/h12-13H,3-11H2,1-2H3. The molecule has 1 unspecified atom stereocenters. The van der Waals surface area contributed by atoms with Crippen molar-refractivity contribution in [3.8, 4) is 0 Å². The summed E-state index contributed by atoms with van der Waals surface area (Å²) >= 11 is 0. The Morgan fingerprint density at radius 3 is 2.33 bits per heavy atom. The van der Waals surface area contributed by atoms with Crippen LogP contribution in [-0.4, -0.2) is 48.1 Å². The predicted octanol–water partition coefficient (Wildman–Crippen LogP) is 2.35. The lowest BCUT2D eigenvalue weighted by Gasteiger charge is -2.43. The van der Waals surface area contributed by atoms with Gasteiger partial charge in [-0.15, -0.1) is 0 Å². The van der Waals surface area contributed by atoms with Gasteiger partial charge < -0.3 is 4.90 Å². The predicted molar refractivity (Wildman–Crippen MR) is 65.2 cm³/mol. The molecular formula is C13H26N2. The van der Waals surface area contributed by atoms with Gasteiger partial charge in [0.2, 0.25) is 0 Å². The first-order chi connectivity index (χ1) is 7.31. The minimum atomic E-state index is 0.844. The normalized spacial score (nSPS) is 32.0. The average molecular weight is 210 g/mol. The summed E-state index contributed by atoms with van der Waals surface area (Å²) in [5, 5.41) is 0. The molecule has 0 aliphatic carbocycles. The van der Waals surface area contributed by atoms with Crippen LogP contribution < -0.4 is 0 Å². The summed E-state index contributed by atoms with van der Waals surface area (Å²) < 4.78 is 0. The average Bonchev–Trinajstić information content (AvgIpc) is 2.30. The van der Waals surface area contributed by atoms with Crippen molar-refractivity contribution in [3.05, 3.63) is 0 Å². The molecule has 0 aromatic heterocycles. The summed E-state index contributed by atoms with van der Waals surface area (Å²) in [5.74, 6) is 0. The van der Waals surface area contributed by atoms with Crippen LogP contribution in [0.2, 0.25) is 0 Å². The first-order valence-electron chi connectivity index (χ1n) is 6.79. The maximum absolute atomic E-state index is 2.79. The second-order valence-electron chi connectivity index (χ2n) is 5.25. The minimum absolute atomic E-state index is 0.844. The van der Waals surface area contributed by atoms with Gasteiger partial charge in [0.1, 0.15) is 0 Å². The van der Waals surface area contributed by atoms with Crippen molar-refractivity contribution >= 4 is 0 Å². The molecular weight excluding hydrogens is 184 g/mol. The highest BCUT2D eigenvalue weighted by Crippen LogP contribution is 2.24. The third-order valence-corrected chi connectivity index (χ3v) is 4.33. The van der Waals surface area contributed by atoms with Crippen LogP contribution in [0.15, 0.2) is 0 Å². The van der Waals surface area contributed by atoms with Gasteiger partial charge in [0, 0.05) is 12.1 Å². The fourth-order valence-electron chi connectivity index (χ4n) is 3.23. The number of hydrogen-bond donors (Lipinski definition) is 0. The fraction of sp³-hybridized carbons (Fsp3) is 1.00. The maximum Gasteiger partial charge on any atom is 0.0122 e. The second-order valence-corrected chi connectivity index (χ2v) is 5.25. The zero-order valence-electron chi connectivity index (χ0n) is 10.4. The van der Waals surface area contributed by atoms with E-state index in [-0.39, 0.29) is 0 Å². The van der Waals surface area contributed by atoms with Crippen molar-refractivity contribution in [2.45, 2.75) is 58.0 Å². The zero-order chi connectivity index (χ0) is 10.7. The molecule has 2 heterocycles. The Kier molecular flexibility index (Phi) is 4.04. The molecule has 0 bridgehead atoms. The molecule has 2 heteroatoms. The maximum atomic E-state index is 2.79. The van der Waals surface area contributed by atoms with E-state index < -0.39 is 0 Å². The van der Waals surface area contributed by atoms with Crippen molar-refractivity contribution in [1.29, 1.82) is 0 Å². The Morgan fingerprint density at radius 2 is 1.73 bits per heavy atom. The van der Waals surface area contributed by atoms with E-state index in [0.717, 1.165) is 12.1 Å². The number of nitrogens with zero attached hydrogens (tertiary/aromatic N) is 2. The third-order valence-electron chi connectivity index (χ3n) is 4.33. The van der Waals surface area contributed by atoms with Gasteiger partial charge in [-0.3, -0.25) is 4.90 Å². The van der Waals surface area contributed by atoms with Crippen molar-refractivity contribution in [2.24, 2.45) is 0 Å². The number of hydrogen-bond acceptors (Lipinski definition) is 2. The first-order valence-corrected chi connectivity index (χ1v) is 6.79.